The summed E-state index contributed by atoms with van der Waals surface area (Å²) in [7, 11) is 0. The molecule has 0 amide bonds. The minimum absolute atomic E-state index is 0.205. The van der Waals surface area contributed by atoms with E-state index in [2.05, 4.69) is 175 Å². The number of furan rings is 1. The second-order valence-corrected chi connectivity index (χ2v) is 16.2. The SMILES string of the molecule is CC1(C)c2cc3oc4ccccc4c3cc2-c2cc3c4cc(-c5ccc(C6=NC(c7ccccc7)=NC(c7ccccc7)N6)cc5)ccc4n(-c4ccccc4)c3cc21. The first kappa shape index (κ1) is 33.6. The molecular weight excluding hydrogens is 721 g/mol. The summed E-state index contributed by atoms with van der Waals surface area (Å²) in [6, 6.07) is 64.9. The van der Waals surface area contributed by atoms with Gasteiger partial charge in [0.05, 0.1) is 11.0 Å². The maximum Gasteiger partial charge on any atom is 0.159 e. The zero-order chi connectivity index (χ0) is 39.2. The Morgan fingerprint density at radius 1 is 0.508 bits per heavy atom. The summed E-state index contributed by atoms with van der Waals surface area (Å²) in [6.45, 7) is 4.70. The number of hydrogen-bond acceptors (Lipinski definition) is 4. The number of aromatic nitrogens is 1. The van der Waals surface area contributed by atoms with E-state index in [1.807, 2.05) is 30.3 Å². The van der Waals surface area contributed by atoms with Gasteiger partial charge in [0.25, 0.3) is 0 Å². The molecule has 0 radical (unpaired) electrons. The van der Waals surface area contributed by atoms with E-state index < -0.39 is 0 Å². The summed E-state index contributed by atoms with van der Waals surface area (Å²) < 4.78 is 8.82. The number of benzene rings is 8. The number of hydrogen-bond donors (Lipinski definition) is 1. The molecule has 8 aromatic carbocycles. The van der Waals surface area contributed by atoms with Crippen molar-refractivity contribution in [2.24, 2.45) is 9.98 Å². The number of amidine groups is 2. The van der Waals surface area contributed by atoms with E-state index in [1.165, 1.54) is 44.1 Å². The largest absolute Gasteiger partial charge is 0.456 e. The normalized spacial score (nSPS) is 15.6. The van der Waals surface area contributed by atoms with E-state index in [0.29, 0.717) is 0 Å². The third kappa shape index (κ3) is 5.24. The molecule has 3 heterocycles. The van der Waals surface area contributed by atoms with Gasteiger partial charge in [0.2, 0.25) is 0 Å². The molecule has 2 aliphatic rings. The Balaban J connectivity index is 0.987. The molecule has 10 aromatic rings. The average Bonchev–Trinajstić information content (AvgIpc) is 3.90. The number of nitrogens with zero attached hydrogens (tertiary/aromatic N) is 3. The van der Waals surface area contributed by atoms with Gasteiger partial charge in [-0.3, -0.25) is 0 Å². The van der Waals surface area contributed by atoms with Gasteiger partial charge in [-0.1, -0.05) is 141 Å². The van der Waals surface area contributed by atoms with Crippen LogP contribution in [0.25, 0.3) is 71.7 Å². The molecule has 1 N–H and O–H groups in total. The molecule has 280 valence electrons. The second kappa shape index (κ2) is 12.8. The summed E-state index contributed by atoms with van der Waals surface area (Å²) in [5.41, 5.74) is 15.8. The summed E-state index contributed by atoms with van der Waals surface area (Å²) in [5, 5.41) is 8.39. The first-order chi connectivity index (χ1) is 29.0. The molecule has 2 aromatic heterocycles. The Kier molecular flexibility index (Phi) is 7.27. The quantitative estimate of drug-likeness (QED) is 0.190. The van der Waals surface area contributed by atoms with Crippen molar-refractivity contribution in [1.82, 2.24) is 9.88 Å². The van der Waals surface area contributed by atoms with Gasteiger partial charge in [-0.2, -0.15) is 0 Å². The van der Waals surface area contributed by atoms with E-state index in [4.69, 9.17) is 14.4 Å². The summed E-state index contributed by atoms with van der Waals surface area (Å²) in [6.07, 6.45) is -0.244. The van der Waals surface area contributed by atoms with Crippen LogP contribution >= 0.6 is 0 Å². The second-order valence-electron chi connectivity index (χ2n) is 16.2. The van der Waals surface area contributed by atoms with Crippen molar-refractivity contribution in [2.45, 2.75) is 25.4 Å². The van der Waals surface area contributed by atoms with Crippen LogP contribution in [0.5, 0.6) is 0 Å². The van der Waals surface area contributed by atoms with Gasteiger partial charge in [-0.15, -0.1) is 0 Å². The third-order valence-corrected chi connectivity index (χ3v) is 12.5. The van der Waals surface area contributed by atoms with Gasteiger partial charge in [0, 0.05) is 43.8 Å². The van der Waals surface area contributed by atoms with E-state index in [-0.39, 0.29) is 11.6 Å². The minimum atomic E-state index is -0.244. The highest BCUT2D eigenvalue weighted by Gasteiger charge is 2.37. The monoisotopic (exact) mass is 758 g/mol. The predicted octanol–water partition coefficient (Wildman–Crippen LogP) is 13.2. The van der Waals surface area contributed by atoms with E-state index in [0.717, 1.165) is 67.1 Å². The van der Waals surface area contributed by atoms with Crippen LogP contribution < -0.4 is 5.32 Å². The lowest BCUT2D eigenvalue weighted by Gasteiger charge is -2.23. The van der Waals surface area contributed by atoms with Crippen molar-refractivity contribution >= 4 is 55.4 Å². The molecule has 59 heavy (non-hydrogen) atoms. The van der Waals surface area contributed by atoms with E-state index >= 15 is 0 Å². The zero-order valence-corrected chi connectivity index (χ0v) is 32.6. The van der Waals surface area contributed by atoms with Crippen molar-refractivity contribution < 1.29 is 4.42 Å². The highest BCUT2D eigenvalue weighted by Crippen LogP contribution is 2.53. The molecule has 1 aliphatic heterocycles. The Labute approximate surface area is 341 Å². The molecule has 0 saturated heterocycles. The summed E-state index contributed by atoms with van der Waals surface area (Å²) in [4.78, 5) is 10.1. The van der Waals surface area contributed by atoms with Gasteiger partial charge >= 0.3 is 0 Å². The van der Waals surface area contributed by atoms with Crippen molar-refractivity contribution in [1.29, 1.82) is 0 Å². The van der Waals surface area contributed by atoms with Gasteiger partial charge in [-0.05, 0) is 93.5 Å². The molecule has 1 atom stereocenters. The van der Waals surface area contributed by atoms with E-state index in [9.17, 15) is 0 Å². The van der Waals surface area contributed by atoms with Crippen LogP contribution in [-0.2, 0) is 5.41 Å². The van der Waals surface area contributed by atoms with Crippen LogP contribution in [0.4, 0.5) is 0 Å². The van der Waals surface area contributed by atoms with Crippen molar-refractivity contribution in [3.8, 4) is 27.9 Å². The number of fused-ring (bicyclic) bond motifs is 9. The van der Waals surface area contributed by atoms with Crippen molar-refractivity contribution in [3.05, 3.63) is 210 Å². The molecule has 0 bridgehead atoms. The highest BCUT2D eigenvalue weighted by molar-refractivity contribution is 6.15. The lowest BCUT2D eigenvalue weighted by molar-refractivity contribution is 0.647. The smallest absolute Gasteiger partial charge is 0.159 e. The van der Waals surface area contributed by atoms with E-state index in [1.54, 1.807) is 0 Å². The predicted molar refractivity (Wildman–Crippen MR) is 243 cm³/mol. The zero-order valence-electron chi connectivity index (χ0n) is 32.6. The topological polar surface area (TPSA) is 54.8 Å². The standard InChI is InChI=1S/C54H38N4O/c1-54(2)45-31-48-43(29-40(45)41-30-44-39-20-12-13-21-49(39)59-50(44)32-46(41)54)42-28-37(26-27-47(42)58(48)38-18-10-5-11-19-38)33-22-24-36(25-23-33)53-56-51(34-14-6-3-7-15-34)55-52(57-53)35-16-8-4-9-17-35/h3-32,51H,1-2H3,(H,55,56,57). The first-order valence-electron chi connectivity index (χ1n) is 20.3. The molecule has 5 heteroatoms. The molecule has 0 spiro atoms. The Morgan fingerprint density at radius 2 is 1.14 bits per heavy atom. The average molecular weight is 759 g/mol. The van der Waals surface area contributed by atoms with Crippen molar-refractivity contribution in [2.75, 3.05) is 0 Å². The molecule has 1 unspecified atom stereocenters. The van der Waals surface area contributed by atoms with Gasteiger partial charge < -0.3 is 14.3 Å². The first-order valence-corrected chi connectivity index (χ1v) is 20.3. The highest BCUT2D eigenvalue weighted by atomic mass is 16.3. The van der Waals surface area contributed by atoms with Crippen LogP contribution in [-0.4, -0.2) is 16.2 Å². The van der Waals surface area contributed by atoms with Crippen LogP contribution in [0.1, 0.15) is 47.8 Å². The fraction of sp³-hybridized carbons (Fsp3) is 0.0741. The van der Waals surface area contributed by atoms with Crippen LogP contribution in [0.2, 0.25) is 0 Å². The minimum Gasteiger partial charge on any atom is -0.456 e. The molecule has 12 rings (SSSR count). The summed E-state index contributed by atoms with van der Waals surface area (Å²) in [5.74, 6) is 1.52. The lowest BCUT2D eigenvalue weighted by atomic mass is 9.82. The lowest BCUT2D eigenvalue weighted by Crippen LogP contribution is -2.33. The Morgan fingerprint density at radius 3 is 1.92 bits per heavy atom. The Hall–Kier alpha value is -7.50. The van der Waals surface area contributed by atoms with Crippen LogP contribution in [0.15, 0.2) is 196 Å². The number of rotatable bonds is 5. The Bertz CT molecular complexity index is 3360. The molecule has 0 saturated carbocycles. The number of para-hydroxylation sites is 2. The van der Waals surface area contributed by atoms with Gasteiger partial charge in [0.15, 0.2) is 5.84 Å². The maximum absolute atomic E-state index is 6.39. The van der Waals surface area contributed by atoms with Gasteiger partial charge in [-0.25, -0.2) is 9.98 Å². The number of nitrogens with one attached hydrogen (secondary N) is 1. The van der Waals surface area contributed by atoms with Crippen LogP contribution in [0.3, 0.4) is 0 Å². The fourth-order valence-corrected chi connectivity index (χ4v) is 9.44. The fourth-order valence-electron chi connectivity index (χ4n) is 9.44. The molecule has 1 aliphatic carbocycles. The third-order valence-electron chi connectivity index (χ3n) is 12.5. The summed E-state index contributed by atoms with van der Waals surface area (Å²) >= 11 is 0. The molecular formula is C54H38N4O. The number of aliphatic imine (C=N–C) groups is 2. The van der Waals surface area contributed by atoms with Crippen molar-refractivity contribution in [3.63, 3.8) is 0 Å². The molecule has 5 nitrogen and oxygen atoms in total. The maximum atomic E-state index is 6.39. The molecule has 0 fully saturated rings. The van der Waals surface area contributed by atoms with Gasteiger partial charge in [0.1, 0.15) is 23.2 Å². The van der Waals surface area contributed by atoms with Crippen LogP contribution in [0, 0.1) is 0 Å².